The van der Waals surface area contributed by atoms with Gasteiger partial charge >= 0.3 is 0 Å². The average molecular weight is 243 g/mol. The van der Waals surface area contributed by atoms with E-state index in [4.69, 9.17) is 5.73 Å². The number of piperidine rings is 1. The molecule has 0 aromatic heterocycles. The summed E-state index contributed by atoms with van der Waals surface area (Å²) >= 11 is 0. The molecular weight excluding hydrogens is 219 g/mol. The predicted molar refractivity (Wildman–Crippen MR) is 67.6 cm³/mol. The first-order valence-electron chi connectivity index (χ1n) is 5.27. The van der Waals surface area contributed by atoms with Crippen LogP contribution in [0.25, 0.3) is 0 Å². The molecule has 1 aliphatic heterocycles. The molecule has 2 nitrogen and oxygen atoms in total. The van der Waals surface area contributed by atoms with Crippen LogP contribution in [0.2, 0.25) is 0 Å². The third-order valence-corrected chi connectivity index (χ3v) is 3.03. The minimum atomic E-state index is 0. The molecule has 1 rings (SSSR count). The number of hydrogen-bond donors (Lipinski definition) is 1. The Kier molecular flexibility index (Phi) is 10.6. The molecule has 0 spiro atoms. The maximum Gasteiger partial charge on any atom is 0.00900 e. The van der Waals surface area contributed by atoms with Gasteiger partial charge in [-0.25, -0.2) is 0 Å². The van der Waals surface area contributed by atoms with Crippen LogP contribution < -0.4 is 5.73 Å². The topological polar surface area (TPSA) is 29.3 Å². The van der Waals surface area contributed by atoms with Gasteiger partial charge < -0.3 is 10.6 Å². The standard InChI is InChI=1S/C10H22N2.2ClH/c1-3-10(4-2)12-7-5-9(11)6-8-12;;/h9-10H,3-8,11H2,1-2H3;2*1H. The molecule has 4 heteroatoms. The lowest BCUT2D eigenvalue weighted by Gasteiger charge is -2.35. The zero-order valence-electron chi connectivity index (χ0n) is 9.24. The normalized spacial score (nSPS) is 18.9. The Labute approximate surface area is 100 Å². The SMILES string of the molecule is CCC(CC)N1CCC(N)CC1.Cl.Cl. The summed E-state index contributed by atoms with van der Waals surface area (Å²) in [7, 11) is 0. The number of nitrogens with two attached hydrogens (primary N) is 1. The summed E-state index contributed by atoms with van der Waals surface area (Å²) in [6.07, 6.45) is 4.95. The van der Waals surface area contributed by atoms with Gasteiger partial charge in [0.15, 0.2) is 0 Å². The summed E-state index contributed by atoms with van der Waals surface area (Å²) in [4.78, 5) is 2.60. The minimum absolute atomic E-state index is 0. The lowest BCUT2D eigenvalue weighted by atomic mass is 10.0. The van der Waals surface area contributed by atoms with Crippen molar-refractivity contribution in [1.29, 1.82) is 0 Å². The molecule has 1 saturated heterocycles. The van der Waals surface area contributed by atoms with E-state index in [9.17, 15) is 0 Å². The van der Waals surface area contributed by atoms with Crippen molar-refractivity contribution in [2.45, 2.75) is 51.6 Å². The van der Waals surface area contributed by atoms with Crippen LogP contribution in [0.4, 0.5) is 0 Å². The van der Waals surface area contributed by atoms with Crippen LogP contribution in [-0.4, -0.2) is 30.1 Å². The van der Waals surface area contributed by atoms with Crippen LogP contribution in [0, 0.1) is 0 Å². The molecule has 0 unspecified atom stereocenters. The fourth-order valence-electron chi connectivity index (χ4n) is 2.09. The van der Waals surface area contributed by atoms with Crippen molar-refractivity contribution >= 4 is 24.8 Å². The molecule has 88 valence electrons. The van der Waals surface area contributed by atoms with E-state index < -0.39 is 0 Å². The highest BCUT2D eigenvalue weighted by Crippen LogP contribution is 2.15. The summed E-state index contributed by atoms with van der Waals surface area (Å²) in [6, 6.07) is 1.27. The smallest absolute Gasteiger partial charge is 0.00900 e. The first kappa shape index (κ1) is 16.9. The van der Waals surface area contributed by atoms with Gasteiger partial charge in [0.2, 0.25) is 0 Å². The van der Waals surface area contributed by atoms with E-state index in [1.165, 1.54) is 38.8 Å². The zero-order valence-corrected chi connectivity index (χ0v) is 10.9. The maximum atomic E-state index is 5.85. The second-order valence-electron chi connectivity index (χ2n) is 3.84. The molecule has 0 bridgehead atoms. The quantitative estimate of drug-likeness (QED) is 0.824. The number of rotatable bonds is 3. The zero-order chi connectivity index (χ0) is 8.97. The summed E-state index contributed by atoms with van der Waals surface area (Å²) in [5.74, 6) is 0. The number of hydrogen-bond acceptors (Lipinski definition) is 2. The second-order valence-corrected chi connectivity index (χ2v) is 3.84. The highest BCUT2D eigenvalue weighted by Gasteiger charge is 2.20. The van der Waals surface area contributed by atoms with Crippen LogP contribution in [0.1, 0.15) is 39.5 Å². The number of nitrogens with zero attached hydrogens (tertiary/aromatic N) is 1. The van der Waals surface area contributed by atoms with Crippen molar-refractivity contribution in [3.63, 3.8) is 0 Å². The monoisotopic (exact) mass is 242 g/mol. The summed E-state index contributed by atoms with van der Waals surface area (Å²) in [6.45, 7) is 6.99. The maximum absolute atomic E-state index is 5.85. The van der Waals surface area contributed by atoms with Gasteiger partial charge in [-0.15, -0.1) is 24.8 Å². The summed E-state index contributed by atoms with van der Waals surface area (Å²) < 4.78 is 0. The van der Waals surface area contributed by atoms with Crippen molar-refractivity contribution < 1.29 is 0 Å². The lowest BCUT2D eigenvalue weighted by Crippen LogP contribution is -2.44. The van der Waals surface area contributed by atoms with Gasteiger partial charge in [0.05, 0.1) is 0 Å². The molecular formula is C10H24Cl2N2. The molecule has 0 saturated carbocycles. The Hall–Kier alpha value is 0.500. The third-order valence-electron chi connectivity index (χ3n) is 3.03. The number of halogens is 2. The fraction of sp³-hybridized carbons (Fsp3) is 1.00. The molecule has 0 amide bonds. The average Bonchev–Trinajstić information content (AvgIpc) is 2.10. The molecule has 0 aromatic carbocycles. The van der Waals surface area contributed by atoms with Crippen LogP contribution in [0.5, 0.6) is 0 Å². The van der Waals surface area contributed by atoms with E-state index in [1.807, 2.05) is 0 Å². The molecule has 1 heterocycles. The van der Waals surface area contributed by atoms with Crippen molar-refractivity contribution in [1.82, 2.24) is 4.90 Å². The second kappa shape index (κ2) is 8.78. The Morgan fingerprint density at radius 3 is 1.93 bits per heavy atom. The van der Waals surface area contributed by atoms with Crippen molar-refractivity contribution in [2.75, 3.05) is 13.1 Å². The molecule has 0 radical (unpaired) electrons. The van der Waals surface area contributed by atoms with Crippen molar-refractivity contribution in [3.05, 3.63) is 0 Å². The Morgan fingerprint density at radius 1 is 1.14 bits per heavy atom. The van der Waals surface area contributed by atoms with Gasteiger partial charge in [0, 0.05) is 12.1 Å². The van der Waals surface area contributed by atoms with Gasteiger partial charge in [0.25, 0.3) is 0 Å². The van der Waals surface area contributed by atoms with Crippen LogP contribution in [0.15, 0.2) is 0 Å². The van der Waals surface area contributed by atoms with Gasteiger partial charge in [-0.1, -0.05) is 13.8 Å². The Bertz CT molecular complexity index is 121. The van der Waals surface area contributed by atoms with Gasteiger partial charge in [-0.3, -0.25) is 0 Å². The molecule has 2 N–H and O–H groups in total. The molecule has 14 heavy (non-hydrogen) atoms. The first-order chi connectivity index (χ1) is 5.77. The van der Waals surface area contributed by atoms with Gasteiger partial charge in [-0.05, 0) is 38.8 Å². The van der Waals surface area contributed by atoms with Crippen molar-refractivity contribution in [2.24, 2.45) is 5.73 Å². The van der Waals surface area contributed by atoms with E-state index in [1.54, 1.807) is 0 Å². The van der Waals surface area contributed by atoms with E-state index in [0.29, 0.717) is 6.04 Å². The van der Waals surface area contributed by atoms with E-state index in [-0.39, 0.29) is 24.8 Å². The minimum Gasteiger partial charge on any atom is -0.328 e. The molecule has 1 fully saturated rings. The Morgan fingerprint density at radius 2 is 1.57 bits per heavy atom. The highest BCUT2D eigenvalue weighted by molar-refractivity contribution is 5.85. The van der Waals surface area contributed by atoms with E-state index >= 15 is 0 Å². The third kappa shape index (κ3) is 4.83. The molecule has 0 aromatic rings. The Balaban J connectivity index is 0. The van der Waals surface area contributed by atoms with Crippen LogP contribution in [-0.2, 0) is 0 Å². The van der Waals surface area contributed by atoms with E-state index in [0.717, 1.165) is 6.04 Å². The fourth-order valence-corrected chi connectivity index (χ4v) is 2.09. The predicted octanol–water partition coefficient (Wildman–Crippen LogP) is 2.44. The molecule has 1 aliphatic rings. The molecule has 0 aliphatic carbocycles. The summed E-state index contributed by atoms with van der Waals surface area (Å²) in [5.41, 5.74) is 5.85. The van der Waals surface area contributed by atoms with Crippen LogP contribution in [0.3, 0.4) is 0 Å². The highest BCUT2D eigenvalue weighted by atomic mass is 35.5. The van der Waals surface area contributed by atoms with Crippen molar-refractivity contribution in [3.8, 4) is 0 Å². The van der Waals surface area contributed by atoms with E-state index in [2.05, 4.69) is 18.7 Å². The summed E-state index contributed by atoms with van der Waals surface area (Å²) in [5, 5.41) is 0. The number of likely N-dealkylation sites (tertiary alicyclic amines) is 1. The van der Waals surface area contributed by atoms with Crippen LogP contribution >= 0.6 is 24.8 Å². The van der Waals surface area contributed by atoms with Gasteiger partial charge in [0.1, 0.15) is 0 Å². The molecule has 0 atom stereocenters. The van der Waals surface area contributed by atoms with Gasteiger partial charge in [-0.2, -0.15) is 0 Å². The largest absolute Gasteiger partial charge is 0.328 e. The lowest BCUT2D eigenvalue weighted by molar-refractivity contribution is 0.145. The first-order valence-corrected chi connectivity index (χ1v) is 5.27.